The molecule has 120 valence electrons. The number of rotatable bonds is 7. The number of nitrogens with one attached hydrogen (secondary N) is 1. The Morgan fingerprint density at radius 1 is 1.09 bits per heavy atom. The molecule has 1 heterocycles. The normalized spacial score (nSPS) is 10.7. The zero-order valence-electron chi connectivity index (χ0n) is 13.3. The smallest absolute Gasteiger partial charge is 0.295 e. The van der Waals surface area contributed by atoms with E-state index in [0.29, 0.717) is 6.01 Å². The van der Waals surface area contributed by atoms with E-state index < -0.39 is 0 Å². The van der Waals surface area contributed by atoms with Gasteiger partial charge in [0.05, 0.1) is 14.2 Å². The van der Waals surface area contributed by atoms with Crippen LogP contribution in [0.5, 0.6) is 11.5 Å². The molecule has 0 radical (unpaired) electrons. The molecular weight excluding hydrogens is 292 g/mol. The lowest BCUT2D eigenvalue weighted by molar-refractivity contribution is 0.398. The van der Waals surface area contributed by atoms with Crippen LogP contribution in [0.4, 0.5) is 6.01 Å². The number of hydrogen-bond acceptors (Lipinski definition) is 5. The maximum atomic E-state index is 5.63. The van der Waals surface area contributed by atoms with Gasteiger partial charge in [-0.1, -0.05) is 12.1 Å². The van der Waals surface area contributed by atoms with Crippen molar-refractivity contribution < 1.29 is 13.9 Å². The predicted molar refractivity (Wildman–Crippen MR) is 90.4 cm³/mol. The molecule has 23 heavy (non-hydrogen) atoms. The molecule has 5 heteroatoms. The summed E-state index contributed by atoms with van der Waals surface area (Å²) in [5, 5.41) is 3.22. The lowest BCUT2D eigenvalue weighted by Crippen LogP contribution is -2.04. The minimum absolute atomic E-state index is 0.559. The largest absolute Gasteiger partial charge is 0.497 e. The van der Waals surface area contributed by atoms with Crippen molar-refractivity contribution >= 4 is 17.1 Å². The molecule has 0 saturated carbocycles. The highest BCUT2D eigenvalue weighted by atomic mass is 16.5. The van der Waals surface area contributed by atoms with Gasteiger partial charge in [-0.25, -0.2) is 0 Å². The Labute approximate surface area is 135 Å². The first-order valence-corrected chi connectivity index (χ1v) is 7.60. The number of aromatic nitrogens is 1. The molecule has 0 aliphatic rings. The lowest BCUT2D eigenvalue weighted by Gasteiger charge is -2.10. The SMILES string of the molecule is COc1ccc(OC)c(CCCNc2nc3ccccc3o2)c1. The molecule has 3 aromatic rings. The Kier molecular flexibility index (Phi) is 4.66. The van der Waals surface area contributed by atoms with Crippen LogP contribution in [0.25, 0.3) is 11.1 Å². The Bertz CT molecular complexity index is 750. The number of anilines is 1. The van der Waals surface area contributed by atoms with E-state index in [9.17, 15) is 0 Å². The number of oxazole rings is 1. The standard InChI is InChI=1S/C18H20N2O3/c1-21-14-9-10-16(22-2)13(12-14)6-5-11-19-18-20-15-7-3-4-8-17(15)23-18/h3-4,7-10,12H,5-6,11H2,1-2H3,(H,19,20). The predicted octanol–water partition coefficient (Wildman–Crippen LogP) is 3.89. The van der Waals surface area contributed by atoms with Crippen LogP contribution in [0.3, 0.4) is 0 Å². The van der Waals surface area contributed by atoms with Gasteiger partial charge < -0.3 is 19.2 Å². The Balaban J connectivity index is 1.57. The van der Waals surface area contributed by atoms with Crippen LogP contribution in [0.1, 0.15) is 12.0 Å². The van der Waals surface area contributed by atoms with E-state index in [4.69, 9.17) is 13.9 Å². The van der Waals surface area contributed by atoms with Crippen molar-refractivity contribution in [1.82, 2.24) is 4.98 Å². The van der Waals surface area contributed by atoms with Crippen molar-refractivity contribution in [2.75, 3.05) is 26.1 Å². The highest BCUT2D eigenvalue weighted by Crippen LogP contribution is 2.25. The van der Waals surface area contributed by atoms with E-state index >= 15 is 0 Å². The fourth-order valence-corrected chi connectivity index (χ4v) is 2.50. The summed E-state index contributed by atoms with van der Waals surface area (Å²) in [5.41, 5.74) is 2.79. The van der Waals surface area contributed by atoms with Crippen LogP contribution in [0, 0.1) is 0 Å². The molecule has 0 bridgehead atoms. The Morgan fingerprint density at radius 3 is 2.74 bits per heavy atom. The van der Waals surface area contributed by atoms with Gasteiger partial charge in [-0.15, -0.1) is 0 Å². The second-order valence-corrected chi connectivity index (χ2v) is 5.19. The van der Waals surface area contributed by atoms with Crippen LogP contribution in [-0.2, 0) is 6.42 Å². The molecule has 0 atom stereocenters. The van der Waals surface area contributed by atoms with Gasteiger partial charge in [0.15, 0.2) is 5.58 Å². The summed E-state index contributed by atoms with van der Waals surface area (Å²) >= 11 is 0. The quantitative estimate of drug-likeness (QED) is 0.671. The minimum Gasteiger partial charge on any atom is -0.497 e. The molecule has 2 aromatic carbocycles. The minimum atomic E-state index is 0.559. The average molecular weight is 312 g/mol. The van der Waals surface area contributed by atoms with E-state index in [2.05, 4.69) is 10.3 Å². The summed E-state index contributed by atoms with van der Waals surface area (Å²) in [6, 6.07) is 14.1. The maximum Gasteiger partial charge on any atom is 0.295 e. The monoisotopic (exact) mass is 312 g/mol. The van der Waals surface area contributed by atoms with E-state index in [0.717, 1.165) is 47.5 Å². The Hall–Kier alpha value is -2.69. The molecule has 1 aromatic heterocycles. The first-order valence-electron chi connectivity index (χ1n) is 7.60. The summed E-state index contributed by atoms with van der Waals surface area (Å²) < 4.78 is 16.3. The van der Waals surface area contributed by atoms with Crippen LogP contribution >= 0.6 is 0 Å². The van der Waals surface area contributed by atoms with Crippen LogP contribution < -0.4 is 14.8 Å². The number of aryl methyl sites for hydroxylation is 1. The van der Waals surface area contributed by atoms with Gasteiger partial charge in [0.25, 0.3) is 6.01 Å². The van der Waals surface area contributed by atoms with Crippen molar-refractivity contribution in [2.45, 2.75) is 12.8 Å². The van der Waals surface area contributed by atoms with E-state index in [1.54, 1.807) is 14.2 Å². The number of nitrogens with zero attached hydrogens (tertiary/aromatic N) is 1. The number of methoxy groups -OCH3 is 2. The summed E-state index contributed by atoms with van der Waals surface area (Å²) in [6.45, 7) is 0.771. The third-order valence-electron chi connectivity index (χ3n) is 3.68. The number of benzene rings is 2. The van der Waals surface area contributed by atoms with Crippen molar-refractivity contribution in [2.24, 2.45) is 0 Å². The number of hydrogen-bond donors (Lipinski definition) is 1. The zero-order valence-corrected chi connectivity index (χ0v) is 13.3. The van der Waals surface area contributed by atoms with Gasteiger partial charge in [-0.05, 0) is 48.7 Å². The molecule has 5 nitrogen and oxygen atoms in total. The molecule has 0 spiro atoms. The highest BCUT2D eigenvalue weighted by molar-refractivity contribution is 5.74. The topological polar surface area (TPSA) is 56.5 Å². The fourth-order valence-electron chi connectivity index (χ4n) is 2.50. The molecule has 1 N–H and O–H groups in total. The van der Waals surface area contributed by atoms with Gasteiger partial charge in [0.1, 0.15) is 17.0 Å². The molecule has 0 unspecified atom stereocenters. The second kappa shape index (κ2) is 7.05. The molecule has 0 aliphatic carbocycles. The van der Waals surface area contributed by atoms with Gasteiger partial charge in [0, 0.05) is 6.54 Å². The van der Waals surface area contributed by atoms with Crippen molar-refractivity contribution in [1.29, 1.82) is 0 Å². The van der Waals surface area contributed by atoms with Gasteiger partial charge in [-0.2, -0.15) is 4.98 Å². The summed E-state index contributed by atoms with van der Waals surface area (Å²) in [7, 11) is 3.35. The number of ether oxygens (including phenoxy) is 2. The van der Waals surface area contributed by atoms with Gasteiger partial charge in [0.2, 0.25) is 0 Å². The van der Waals surface area contributed by atoms with E-state index in [-0.39, 0.29) is 0 Å². The van der Waals surface area contributed by atoms with Crippen molar-refractivity contribution in [3.05, 3.63) is 48.0 Å². The molecule has 0 saturated heterocycles. The highest BCUT2D eigenvalue weighted by Gasteiger charge is 2.06. The molecule has 0 aliphatic heterocycles. The first kappa shape index (κ1) is 15.2. The van der Waals surface area contributed by atoms with Gasteiger partial charge in [-0.3, -0.25) is 0 Å². The molecule has 3 rings (SSSR count). The zero-order chi connectivity index (χ0) is 16.1. The summed E-state index contributed by atoms with van der Waals surface area (Å²) in [4.78, 5) is 4.40. The fraction of sp³-hybridized carbons (Fsp3) is 0.278. The summed E-state index contributed by atoms with van der Waals surface area (Å²) in [5.74, 6) is 1.72. The molecule has 0 fully saturated rings. The Morgan fingerprint density at radius 2 is 1.96 bits per heavy atom. The van der Waals surface area contributed by atoms with E-state index in [1.165, 1.54) is 0 Å². The third-order valence-corrected chi connectivity index (χ3v) is 3.68. The maximum absolute atomic E-state index is 5.63. The van der Waals surface area contributed by atoms with Crippen LogP contribution in [-0.4, -0.2) is 25.7 Å². The molecular formula is C18H20N2O3. The van der Waals surface area contributed by atoms with Crippen LogP contribution in [0.15, 0.2) is 46.9 Å². The first-order chi connectivity index (χ1) is 11.3. The lowest BCUT2D eigenvalue weighted by atomic mass is 10.1. The second-order valence-electron chi connectivity index (χ2n) is 5.19. The third kappa shape index (κ3) is 3.56. The van der Waals surface area contributed by atoms with E-state index in [1.807, 2.05) is 42.5 Å². The molecule has 0 amide bonds. The number of fused-ring (bicyclic) bond motifs is 1. The number of para-hydroxylation sites is 2. The summed E-state index contributed by atoms with van der Waals surface area (Å²) in [6.07, 6.45) is 1.82. The van der Waals surface area contributed by atoms with Crippen LogP contribution in [0.2, 0.25) is 0 Å². The van der Waals surface area contributed by atoms with Gasteiger partial charge >= 0.3 is 0 Å². The average Bonchev–Trinajstić information content (AvgIpc) is 3.01. The van der Waals surface area contributed by atoms with Crippen molar-refractivity contribution in [3.8, 4) is 11.5 Å². The van der Waals surface area contributed by atoms with Crippen molar-refractivity contribution in [3.63, 3.8) is 0 Å².